The average Bonchev–Trinajstić information content (AvgIpc) is 2.67. The summed E-state index contributed by atoms with van der Waals surface area (Å²) in [6.07, 6.45) is 11.9. The van der Waals surface area contributed by atoms with Gasteiger partial charge >= 0.3 is 0 Å². The van der Waals surface area contributed by atoms with Gasteiger partial charge in [0.05, 0.1) is 0 Å². The Kier molecular flexibility index (Phi) is 5.48. The van der Waals surface area contributed by atoms with Gasteiger partial charge in [-0.15, -0.1) is 0 Å². The molecule has 0 bridgehead atoms. The summed E-state index contributed by atoms with van der Waals surface area (Å²) in [4.78, 5) is 12.3. The van der Waals surface area contributed by atoms with Gasteiger partial charge in [-0.2, -0.15) is 0 Å². The third-order valence-corrected chi connectivity index (χ3v) is 4.31. The molecule has 128 valence electrons. The molecule has 0 fully saturated rings. The van der Waals surface area contributed by atoms with Crippen molar-refractivity contribution in [1.29, 1.82) is 0 Å². The smallest absolute Gasteiger partial charge is 0.191 e. The maximum atomic E-state index is 10.6. The highest BCUT2D eigenvalue weighted by Crippen LogP contribution is 2.33. The third-order valence-electron chi connectivity index (χ3n) is 4.31. The van der Waals surface area contributed by atoms with Crippen molar-refractivity contribution < 1.29 is 10.2 Å². The van der Waals surface area contributed by atoms with Gasteiger partial charge in [-0.3, -0.25) is 15.0 Å². The lowest BCUT2D eigenvalue weighted by Gasteiger charge is -2.27. The highest BCUT2D eigenvalue weighted by Gasteiger charge is 2.30. The number of hydrogen-bond acceptors (Lipinski definition) is 5. The van der Waals surface area contributed by atoms with Crippen LogP contribution in [0.5, 0.6) is 0 Å². The molecule has 0 unspecified atom stereocenters. The molecule has 3 rings (SSSR count). The van der Waals surface area contributed by atoms with Crippen LogP contribution < -0.4 is 0 Å². The molecular weight excluding hydrogens is 314 g/mol. The molecule has 3 aromatic rings. The first-order valence-corrected chi connectivity index (χ1v) is 8.29. The van der Waals surface area contributed by atoms with E-state index in [1.807, 2.05) is 30.5 Å². The van der Waals surface area contributed by atoms with E-state index in [9.17, 15) is 10.2 Å². The summed E-state index contributed by atoms with van der Waals surface area (Å²) in [6.45, 7) is 0. The normalized spacial score (nSPS) is 12.7. The van der Waals surface area contributed by atoms with E-state index < -0.39 is 5.79 Å². The van der Waals surface area contributed by atoms with Crippen molar-refractivity contribution in [1.82, 2.24) is 15.0 Å². The zero-order chi connectivity index (χ0) is 17.5. The van der Waals surface area contributed by atoms with Crippen molar-refractivity contribution in [3.8, 4) is 0 Å². The minimum absolute atomic E-state index is 0.0517. The Hall–Kier alpha value is -2.63. The number of hydrogen-bond donors (Lipinski definition) is 2. The molecule has 0 aliphatic heterocycles. The van der Waals surface area contributed by atoms with Crippen molar-refractivity contribution >= 4 is 0 Å². The summed E-state index contributed by atoms with van der Waals surface area (Å²) >= 11 is 0. The van der Waals surface area contributed by atoms with Crippen LogP contribution in [0.1, 0.15) is 35.4 Å². The van der Waals surface area contributed by atoms with E-state index in [1.54, 1.807) is 36.9 Å². The van der Waals surface area contributed by atoms with Gasteiger partial charge in [-0.05, 0) is 48.1 Å². The fraction of sp³-hybridized carbons (Fsp3) is 0.250. The van der Waals surface area contributed by atoms with Crippen molar-refractivity contribution in [3.63, 3.8) is 0 Å². The summed E-state index contributed by atoms with van der Waals surface area (Å²) in [7, 11) is 0. The fourth-order valence-electron chi connectivity index (χ4n) is 2.95. The summed E-state index contributed by atoms with van der Waals surface area (Å²) in [5.41, 5.74) is 2.51. The SMILES string of the molecule is OC(O)(C[C@@H](CCc1cccnc1)c1cccnc1)c1cccnc1. The molecule has 25 heavy (non-hydrogen) atoms. The molecule has 0 spiro atoms. The third kappa shape index (κ3) is 4.68. The minimum atomic E-state index is -1.94. The molecule has 0 saturated carbocycles. The van der Waals surface area contributed by atoms with Crippen LogP contribution >= 0.6 is 0 Å². The fourth-order valence-corrected chi connectivity index (χ4v) is 2.95. The Morgan fingerprint density at radius 3 is 2.12 bits per heavy atom. The predicted octanol–water partition coefficient (Wildman–Crippen LogP) is 2.82. The lowest BCUT2D eigenvalue weighted by atomic mass is 9.85. The molecule has 0 aliphatic carbocycles. The Balaban J connectivity index is 1.79. The van der Waals surface area contributed by atoms with Crippen LogP contribution in [-0.4, -0.2) is 25.2 Å². The molecule has 0 aliphatic rings. The van der Waals surface area contributed by atoms with E-state index in [4.69, 9.17) is 0 Å². The Labute approximate surface area is 147 Å². The van der Waals surface area contributed by atoms with Crippen LogP contribution in [0, 0.1) is 0 Å². The van der Waals surface area contributed by atoms with E-state index in [-0.39, 0.29) is 12.3 Å². The zero-order valence-electron chi connectivity index (χ0n) is 13.9. The summed E-state index contributed by atoms with van der Waals surface area (Å²) < 4.78 is 0. The summed E-state index contributed by atoms with van der Waals surface area (Å²) in [5.74, 6) is -1.99. The Morgan fingerprint density at radius 2 is 1.52 bits per heavy atom. The maximum Gasteiger partial charge on any atom is 0.191 e. The molecule has 3 heterocycles. The topological polar surface area (TPSA) is 79.1 Å². The highest BCUT2D eigenvalue weighted by molar-refractivity contribution is 5.20. The molecule has 0 saturated heterocycles. The summed E-state index contributed by atoms with van der Waals surface area (Å²) in [6, 6.07) is 11.2. The van der Waals surface area contributed by atoms with Crippen LogP contribution in [0.25, 0.3) is 0 Å². The van der Waals surface area contributed by atoms with Crippen LogP contribution in [0.15, 0.2) is 73.6 Å². The van der Waals surface area contributed by atoms with Crippen LogP contribution in [-0.2, 0) is 12.2 Å². The van der Waals surface area contributed by atoms with E-state index in [0.29, 0.717) is 5.56 Å². The van der Waals surface area contributed by atoms with Crippen molar-refractivity contribution in [2.75, 3.05) is 0 Å². The molecule has 0 amide bonds. The number of aliphatic hydroxyl groups is 2. The van der Waals surface area contributed by atoms with Gasteiger partial charge in [-0.25, -0.2) is 0 Å². The lowest BCUT2D eigenvalue weighted by Crippen LogP contribution is -2.28. The van der Waals surface area contributed by atoms with Crippen LogP contribution in [0.4, 0.5) is 0 Å². The second-order valence-corrected chi connectivity index (χ2v) is 6.15. The van der Waals surface area contributed by atoms with E-state index in [1.165, 1.54) is 6.20 Å². The summed E-state index contributed by atoms with van der Waals surface area (Å²) in [5, 5.41) is 21.2. The van der Waals surface area contributed by atoms with Gasteiger partial charge in [0.15, 0.2) is 5.79 Å². The predicted molar refractivity (Wildman–Crippen MR) is 94.5 cm³/mol. The molecule has 0 aromatic carbocycles. The zero-order valence-corrected chi connectivity index (χ0v) is 13.9. The Bertz CT molecular complexity index is 765. The Morgan fingerprint density at radius 1 is 0.840 bits per heavy atom. The van der Waals surface area contributed by atoms with Gasteiger partial charge in [0.25, 0.3) is 0 Å². The van der Waals surface area contributed by atoms with Crippen LogP contribution in [0.3, 0.4) is 0 Å². The minimum Gasteiger partial charge on any atom is -0.362 e. The van der Waals surface area contributed by atoms with Crippen molar-refractivity contribution in [3.05, 3.63) is 90.3 Å². The molecule has 3 aromatic heterocycles. The number of nitrogens with zero attached hydrogens (tertiary/aromatic N) is 3. The first kappa shape index (κ1) is 17.2. The van der Waals surface area contributed by atoms with Gasteiger partial charge < -0.3 is 10.2 Å². The second kappa shape index (κ2) is 7.96. The number of pyridine rings is 3. The maximum absolute atomic E-state index is 10.6. The molecule has 0 radical (unpaired) electrons. The molecule has 5 nitrogen and oxygen atoms in total. The van der Waals surface area contributed by atoms with Crippen molar-refractivity contribution in [2.24, 2.45) is 0 Å². The van der Waals surface area contributed by atoms with Gasteiger partial charge in [0, 0.05) is 49.2 Å². The molecular formula is C20H21N3O2. The molecule has 2 N–H and O–H groups in total. The first-order chi connectivity index (χ1) is 12.1. The van der Waals surface area contributed by atoms with E-state index in [0.717, 1.165) is 24.0 Å². The monoisotopic (exact) mass is 335 g/mol. The van der Waals surface area contributed by atoms with Gasteiger partial charge in [-0.1, -0.05) is 18.2 Å². The highest BCUT2D eigenvalue weighted by atomic mass is 16.5. The second-order valence-electron chi connectivity index (χ2n) is 6.15. The number of rotatable bonds is 7. The number of aryl methyl sites for hydroxylation is 1. The molecule has 1 atom stereocenters. The largest absolute Gasteiger partial charge is 0.362 e. The lowest BCUT2D eigenvalue weighted by molar-refractivity contribution is -0.178. The van der Waals surface area contributed by atoms with Crippen molar-refractivity contribution in [2.45, 2.75) is 31.0 Å². The van der Waals surface area contributed by atoms with E-state index >= 15 is 0 Å². The quantitative estimate of drug-likeness (QED) is 0.649. The van der Waals surface area contributed by atoms with Crippen LogP contribution in [0.2, 0.25) is 0 Å². The molecule has 5 heteroatoms. The van der Waals surface area contributed by atoms with Gasteiger partial charge in [0.2, 0.25) is 0 Å². The van der Waals surface area contributed by atoms with E-state index in [2.05, 4.69) is 15.0 Å². The standard InChI is InChI=1S/C20H21N3O2/c24-20(25,19-6-3-11-23-15-19)12-17(18-5-2-10-22-14-18)8-7-16-4-1-9-21-13-16/h1-6,9-11,13-15,17,24-25H,7-8,12H2/t17-/m1/s1. The van der Waals surface area contributed by atoms with Gasteiger partial charge in [0.1, 0.15) is 0 Å². The first-order valence-electron chi connectivity index (χ1n) is 8.29. The average molecular weight is 335 g/mol. The number of aromatic nitrogens is 3.